The highest BCUT2D eigenvalue weighted by atomic mass is 32.2. The number of nitrogens with one attached hydrogen (secondary N) is 1. The van der Waals surface area contributed by atoms with Crippen LogP contribution in [-0.4, -0.2) is 49.7 Å². The predicted octanol–water partition coefficient (Wildman–Crippen LogP) is 1.23. The molecule has 1 aromatic heterocycles. The number of carbonyl (C=O) groups excluding carboxylic acids is 2. The van der Waals surface area contributed by atoms with E-state index in [1.807, 2.05) is 0 Å². The molecule has 2 heterocycles. The molecule has 9 nitrogen and oxygen atoms in total. The molecule has 10 heteroatoms. The number of amides is 2. The SMILES string of the molecule is COc1ccc(S(=O)(=O)N2CCC[C@H](C(=O)Nc3ccccn3)C2)cc1C(N)=O. The molecule has 0 bridgehead atoms. The van der Waals surface area contributed by atoms with Crippen LogP contribution in [0.1, 0.15) is 23.2 Å². The summed E-state index contributed by atoms with van der Waals surface area (Å²) in [5.74, 6) is -0.961. The highest BCUT2D eigenvalue weighted by Crippen LogP contribution is 2.28. The molecule has 1 saturated heterocycles. The Hall–Kier alpha value is -2.98. The molecule has 0 aliphatic carbocycles. The fraction of sp³-hybridized carbons (Fsp3) is 0.316. The third-order valence-corrected chi connectivity index (χ3v) is 6.61. The van der Waals surface area contributed by atoms with Gasteiger partial charge in [-0.1, -0.05) is 6.07 Å². The molecule has 2 aromatic rings. The second-order valence-electron chi connectivity index (χ2n) is 6.63. The second kappa shape index (κ2) is 8.58. The molecule has 1 fully saturated rings. The smallest absolute Gasteiger partial charge is 0.252 e. The summed E-state index contributed by atoms with van der Waals surface area (Å²) in [6.45, 7) is 0.326. The minimum Gasteiger partial charge on any atom is -0.496 e. The zero-order valence-corrected chi connectivity index (χ0v) is 16.7. The average molecular weight is 418 g/mol. The van der Waals surface area contributed by atoms with Crippen molar-refractivity contribution in [3.8, 4) is 5.75 Å². The van der Waals surface area contributed by atoms with E-state index in [4.69, 9.17) is 10.5 Å². The first-order valence-corrected chi connectivity index (χ1v) is 10.5. The number of pyridine rings is 1. The van der Waals surface area contributed by atoms with Crippen molar-refractivity contribution < 1.29 is 22.7 Å². The molecule has 1 atom stereocenters. The first-order valence-electron chi connectivity index (χ1n) is 9.03. The fourth-order valence-electron chi connectivity index (χ4n) is 3.23. The number of aromatic nitrogens is 1. The van der Waals surface area contributed by atoms with Crippen LogP contribution in [0.4, 0.5) is 5.82 Å². The third kappa shape index (κ3) is 4.54. The normalized spacial score (nSPS) is 17.5. The molecule has 0 unspecified atom stereocenters. The molecule has 0 saturated carbocycles. The molecular weight excluding hydrogens is 396 g/mol. The maximum Gasteiger partial charge on any atom is 0.252 e. The van der Waals surface area contributed by atoms with E-state index in [9.17, 15) is 18.0 Å². The van der Waals surface area contributed by atoms with Crippen molar-refractivity contribution in [2.45, 2.75) is 17.7 Å². The lowest BCUT2D eigenvalue weighted by Crippen LogP contribution is -2.43. The topological polar surface area (TPSA) is 132 Å². The van der Waals surface area contributed by atoms with E-state index < -0.39 is 21.8 Å². The summed E-state index contributed by atoms with van der Waals surface area (Å²) in [6.07, 6.45) is 2.67. The van der Waals surface area contributed by atoms with Crippen LogP contribution in [0.25, 0.3) is 0 Å². The quantitative estimate of drug-likeness (QED) is 0.725. The lowest BCUT2D eigenvalue weighted by Gasteiger charge is -2.31. The lowest BCUT2D eigenvalue weighted by atomic mass is 9.99. The van der Waals surface area contributed by atoms with Gasteiger partial charge in [-0.2, -0.15) is 4.31 Å². The molecule has 0 radical (unpaired) electrons. The zero-order valence-electron chi connectivity index (χ0n) is 15.9. The number of hydrogen-bond donors (Lipinski definition) is 2. The number of methoxy groups -OCH3 is 1. The van der Waals surface area contributed by atoms with Crippen molar-refractivity contribution in [1.29, 1.82) is 0 Å². The van der Waals surface area contributed by atoms with Crippen LogP contribution in [0, 0.1) is 5.92 Å². The van der Waals surface area contributed by atoms with Gasteiger partial charge in [-0.25, -0.2) is 13.4 Å². The number of benzene rings is 1. The van der Waals surface area contributed by atoms with E-state index in [-0.39, 0.29) is 35.2 Å². The Labute approximate surface area is 168 Å². The number of primary amides is 1. The van der Waals surface area contributed by atoms with E-state index >= 15 is 0 Å². The standard InChI is InChI=1S/C19H22N4O5S/c1-28-16-8-7-14(11-15(16)18(20)24)29(26,27)23-10-4-5-13(12-23)19(25)22-17-6-2-3-9-21-17/h2-3,6-9,11,13H,4-5,10,12H2,1H3,(H2,20,24)(H,21,22,25)/t13-/m0/s1. The van der Waals surface area contributed by atoms with Crippen molar-refractivity contribution in [3.05, 3.63) is 48.2 Å². The number of carbonyl (C=O) groups is 2. The molecule has 29 heavy (non-hydrogen) atoms. The number of sulfonamides is 1. The first kappa shape index (κ1) is 20.7. The van der Waals surface area contributed by atoms with Gasteiger partial charge < -0.3 is 15.8 Å². The monoisotopic (exact) mass is 418 g/mol. The summed E-state index contributed by atoms with van der Waals surface area (Å²) >= 11 is 0. The van der Waals surface area contributed by atoms with Crippen molar-refractivity contribution >= 4 is 27.7 Å². The number of rotatable bonds is 6. The largest absolute Gasteiger partial charge is 0.496 e. The number of nitrogens with zero attached hydrogens (tertiary/aromatic N) is 2. The Bertz CT molecular complexity index is 1010. The van der Waals surface area contributed by atoms with Gasteiger partial charge in [-0.3, -0.25) is 9.59 Å². The first-order chi connectivity index (χ1) is 13.8. The summed E-state index contributed by atoms with van der Waals surface area (Å²) in [7, 11) is -2.54. The van der Waals surface area contributed by atoms with Crippen LogP contribution in [0.3, 0.4) is 0 Å². The maximum absolute atomic E-state index is 13.1. The summed E-state index contributed by atoms with van der Waals surface area (Å²) in [5, 5.41) is 2.71. The summed E-state index contributed by atoms with van der Waals surface area (Å²) < 4.78 is 32.5. The van der Waals surface area contributed by atoms with Crippen molar-refractivity contribution in [3.63, 3.8) is 0 Å². The van der Waals surface area contributed by atoms with E-state index in [0.29, 0.717) is 18.7 Å². The molecule has 0 spiro atoms. The molecule has 1 aromatic carbocycles. The minimum absolute atomic E-state index is 0.0185. The van der Waals surface area contributed by atoms with Gasteiger partial charge in [0.15, 0.2) is 0 Å². The lowest BCUT2D eigenvalue weighted by molar-refractivity contribution is -0.120. The van der Waals surface area contributed by atoms with Gasteiger partial charge in [0.25, 0.3) is 5.91 Å². The molecule has 1 aliphatic heterocycles. The Morgan fingerprint density at radius 2 is 2.07 bits per heavy atom. The van der Waals surface area contributed by atoms with Crippen molar-refractivity contribution in [1.82, 2.24) is 9.29 Å². The van der Waals surface area contributed by atoms with Crippen molar-refractivity contribution in [2.24, 2.45) is 11.7 Å². The zero-order chi connectivity index (χ0) is 21.0. The number of hydrogen-bond acceptors (Lipinski definition) is 6. The second-order valence-corrected chi connectivity index (χ2v) is 8.57. The maximum atomic E-state index is 13.1. The van der Waals surface area contributed by atoms with Crippen LogP contribution < -0.4 is 15.8 Å². The van der Waals surface area contributed by atoms with Crippen LogP contribution in [0.5, 0.6) is 5.75 Å². The van der Waals surface area contributed by atoms with E-state index in [1.54, 1.807) is 24.4 Å². The van der Waals surface area contributed by atoms with Gasteiger partial charge in [-0.05, 0) is 43.2 Å². The molecule has 3 N–H and O–H groups in total. The van der Waals surface area contributed by atoms with Crippen LogP contribution in [0.15, 0.2) is 47.5 Å². The van der Waals surface area contributed by atoms with Gasteiger partial charge in [0, 0.05) is 19.3 Å². The summed E-state index contributed by atoms with van der Waals surface area (Å²) in [4.78, 5) is 28.2. The van der Waals surface area contributed by atoms with Gasteiger partial charge in [0.1, 0.15) is 11.6 Å². The summed E-state index contributed by atoms with van der Waals surface area (Å²) in [6, 6.07) is 9.10. The van der Waals surface area contributed by atoms with Crippen LogP contribution in [0.2, 0.25) is 0 Å². The molecule has 3 rings (SSSR count). The fourth-order valence-corrected chi connectivity index (χ4v) is 4.78. The molecule has 1 aliphatic rings. The summed E-state index contributed by atoms with van der Waals surface area (Å²) in [5.41, 5.74) is 5.31. The molecule has 2 amide bonds. The van der Waals surface area contributed by atoms with Crippen LogP contribution in [-0.2, 0) is 14.8 Å². The van der Waals surface area contributed by atoms with Gasteiger partial charge >= 0.3 is 0 Å². The number of anilines is 1. The van der Waals surface area contributed by atoms with E-state index in [1.165, 1.54) is 29.6 Å². The predicted molar refractivity (Wildman–Crippen MR) is 106 cm³/mol. The molecular formula is C19H22N4O5S. The molecule has 154 valence electrons. The van der Waals surface area contributed by atoms with Gasteiger partial charge in [0.2, 0.25) is 15.9 Å². The third-order valence-electron chi connectivity index (χ3n) is 4.75. The van der Waals surface area contributed by atoms with Gasteiger partial charge in [-0.15, -0.1) is 0 Å². The Morgan fingerprint density at radius 3 is 2.72 bits per heavy atom. The minimum atomic E-state index is -3.91. The Morgan fingerprint density at radius 1 is 1.28 bits per heavy atom. The Balaban J connectivity index is 1.79. The van der Waals surface area contributed by atoms with Crippen molar-refractivity contribution in [2.75, 3.05) is 25.5 Å². The highest BCUT2D eigenvalue weighted by molar-refractivity contribution is 7.89. The Kier molecular flexibility index (Phi) is 6.14. The van der Waals surface area contributed by atoms with Crippen LogP contribution >= 0.6 is 0 Å². The van der Waals surface area contributed by atoms with Gasteiger partial charge in [0.05, 0.1) is 23.5 Å². The van der Waals surface area contributed by atoms with E-state index in [2.05, 4.69) is 10.3 Å². The number of ether oxygens (including phenoxy) is 1. The average Bonchev–Trinajstić information content (AvgIpc) is 2.74. The van der Waals surface area contributed by atoms with E-state index in [0.717, 1.165) is 0 Å². The number of nitrogens with two attached hydrogens (primary N) is 1. The number of piperidine rings is 1. The highest BCUT2D eigenvalue weighted by Gasteiger charge is 2.34.